The number of rotatable bonds is 7. The fourth-order valence-corrected chi connectivity index (χ4v) is 6.49. The van der Waals surface area contributed by atoms with Crippen LogP contribution in [0.3, 0.4) is 0 Å². The van der Waals surface area contributed by atoms with Crippen LogP contribution in [0.2, 0.25) is 0 Å². The van der Waals surface area contributed by atoms with Crippen LogP contribution < -0.4 is 4.90 Å². The summed E-state index contributed by atoms with van der Waals surface area (Å²) < 4.78 is 46.3. The van der Waals surface area contributed by atoms with Crippen LogP contribution in [-0.2, 0) is 30.5 Å². The molecule has 3 heterocycles. The molecule has 0 bridgehead atoms. The van der Waals surface area contributed by atoms with Gasteiger partial charge in [-0.15, -0.1) is 0 Å². The molecule has 10 nitrogen and oxygen atoms in total. The van der Waals surface area contributed by atoms with Gasteiger partial charge in [0.2, 0.25) is 5.91 Å². The van der Waals surface area contributed by atoms with Gasteiger partial charge in [-0.1, -0.05) is 11.2 Å². The fourth-order valence-electron chi connectivity index (χ4n) is 6.49. The molecule has 0 radical (unpaired) electrons. The number of fused-ring (bicyclic) bond motifs is 1. The van der Waals surface area contributed by atoms with E-state index < -0.39 is 23.6 Å². The predicted octanol–water partition coefficient (Wildman–Crippen LogP) is 6.26. The number of carbonyl (C=O) groups excluding carboxylic acids is 3. The maximum absolute atomic E-state index is 14.3. The molecule has 2 fully saturated rings. The van der Waals surface area contributed by atoms with Crippen molar-refractivity contribution < 1.29 is 37.2 Å². The summed E-state index contributed by atoms with van der Waals surface area (Å²) in [5.74, 6) is -1.76. The SMILES string of the molecule is CC(=O)OCc1noc(C)c1-c1ccc2c(c1)nc([C@@H]1CCC(=O)N1c1ccc(F)c(F)c1)n2[C@H]1CC[C@H](OC(C)=O)CC1. The number of esters is 2. The van der Waals surface area contributed by atoms with Crippen molar-refractivity contribution in [1.29, 1.82) is 0 Å². The molecule has 0 N–H and O–H groups in total. The normalized spacial score (nSPS) is 20.3. The summed E-state index contributed by atoms with van der Waals surface area (Å²) >= 11 is 0. The Morgan fingerprint density at radius 1 is 1.00 bits per heavy atom. The molecular formula is C32H32F2N4O6. The summed E-state index contributed by atoms with van der Waals surface area (Å²) in [6.45, 7) is 4.46. The molecule has 44 heavy (non-hydrogen) atoms. The quantitative estimate of drug-likeness (QED) is 0.227. The van der Waals surface area contributed by atoms with Crippen LogP contribution in [0.5, 0.6) is 0 Å². The van der Waals surface area contributed by atoms with E-state index in [1.165, 1.54) is 24.8 Å². The maximum Gasteiger partial charge on any atom is 0.303 e. The minimum Gasteiger partial charge on any atom is -0.463 e. The number of carbonyl (C=O) groups is 3. The topological polar surface area (TPSA) is 117 Å². The number of hydrogen-bond acceptors (Lipinski definition) is 8. The Morgan fingerprint density at radius 3 is 2.48 bits per heavy atom. The van der Waals surface area contributed by atoms with Gasteiger partial charge < -0.3 is 23.5 Å². The molecule has 2 aromatic carbocycles. The molecule has 1 saturated carbocycles. The number of amides is 1. The molecule has 6 rings (SSSR count). The maximum atomic E-state index is 14.3. The van der Waals surface area contributed by atoms with Gasteiger partial charge in [0.1, 0.15) is 30.0 Å². The van der Waals surface area contributed by atoms with Crippen molar-refractivity contribution in [2.24, 2.45) is 0 Å². The summed E-state index contributed by atoms with van der Waals surface area (Å²) in [5, 5.41) is 4.08. The number of aryl methyl sites for hydroxylation is 1. The van der Waals surface area contributed by atoms with Gasteiger partial charge in [-0.05, 0) is 68.9 Å². The lowest BCUT2D eigenvalue weighted by molar-refractivity contribution is -0.148. The van der Waals surface area contributed by atoms with Crippen LogP contribution in [0.1, 0.15) is 81.7 Å². The van der Waals surface area contributed by atoms with Gasteiger partial charge in [0.15, 0.2) is 11.6 Å². The molecule has 1 aliphatic carbocycles. The molecule has 1 atom stereocenters. The number of ether oxygens (including phenoxy) is 2. The van der Waals surface area contributed by atoms with Crippen LogP contribution in [0.25, 0.3) is 22.2 Å². The molecule has 230 valence electrons. The number of halogens is 2. The molecule has 12 heteroatoms. The van der Waals surface area contributed by atoms with Gasteiger partial charge in [-0.3, -0.25) is 14.4 Å². The number of imidazole rings is 1. The summed E-state index contributed by atoms with van der Waals surface area (Å²) in [6.07, 6.45) is 3.33. The van der Waals surface area contributed by atoms with Crippen LogP contribution in [0.4, 0.5) is 14.5 Å². The molecule has 1 aliphatic heterocycles. The Bertz CT molecular complexity index is 1760. The second-order valence-corrected chi connectivity index (χ2v) is 11.3. The highest BCUT2D eigenvalue weighted by molar-refractivity contribution is 5.96. The first-order chi connectivity index (χ1) is 21.1. The highest BCUT2D eigenvalue weighted by Crippen LogP contribution is 2.42. The van der Waals surface area contributed by atoms with E-state index >= 15 is 0 Å². The van der Waals surface area contributed by atoms with Crippen molar-refractivity contribution in [2.45, 2.75) is 84.1 Å². The largest absolute Gasteiger partial charge is 0.463 e. The van der Waals surface area contributed by atoms with Gasteiger partial charge in [-0.2, -0.15) is 0 Å². The molecule has 4 aromatic rings. The second-order valence-electron chi connectivity index (χ2n) is 11.3. The van der Waals surface area contributed by atoms with Crippen LogP contribution in [0, 0.1) is 18.6 Å². The first-order valence-electron chi connectivity index (χ1n) is 14.7. The highest BCUT2D eigenvalue weighted by Gasteiger charge is 2.39. The van der Waals surface area contributed by atoms with Crippen LogP contribution >= 0.6 is 0 Å². The van der Waals surface area contributed by atoms with Gasteiger partial charge in [0.25, 0.3) is 0 Å². The molecular weight excluding hydrogens is 574 g/mol. The Balaban J connectivity index is 1.44. The number of hydrogen-bond donors (Lipinski definition) is 0. The number of anilines is 1. The predicted molar refractivity (Wildman–Crippen MR) is 154 cm³/mol. The van der Waals surface area contributed by atoms with E-state index in [2.05, 4.69) is 9.72 Å². The van der Waals surface area contributed by atoms with Gasteiger partial charge in [0, 0.05) is 38.1 Å². The first-order valence-corrected chi connectivity index (χ1v) is 14.7. The molecule has 2 aliphatic rings. The summed E-state index contributed by atoms with van der Waals surface area (Å²) in [6, 6.07) is 8.77. The van der Waals surface area contributed by atoms with E-state index in [-0.39, 0.29) is 42.7 Å². The minimum absolute atomic E-state index is 0.00650. The fraction of sp³-hybridized carbons (Fsp3) is 0.406. The number of nitrogens with zero attached hydrogens (tertiary/aromatic N) is 4. The second kappa shape index (κ2) is 11.8. The summed E-state index contributed by atoms with van der Waals surface area (Å²) in [7, 11) is 0. The Labute approximate surface area is 251 Å². The van der Waals surface area contributed by atoms with E-state index in [1.807, 2.05) is 18.2 Å². The van der Waals surface area contributed by atoms with E-state index in [4.69, 9.17) is 19.0 Å². The van der Waals surface area contributed by atoms with Gasteiger partial charge in [0.05, 0.1) is 22.6 Å². The molecule has 1 amide bonds. The molecule has 2 aromatic heterocycles. The van der Waals surface area contributed by atoms with Crippen LogP contribution in [-0.4, -0.2) is 38.7 Å². The van der Waals surface area contributed by atoms with Crippen molar-refractivity contribution in [3.63, 3.8) is 0 Å². The zero-order valence-electron chi connectivity index (χ0n) is 24.6. The molecule has 0 spiro atoms. The minimum atomic E-state index is -1.03. The lowest BCUT2D eigenvalue weighted by Gasteiger charge is -2.32. The summed E-state index contributed by atoms with van der Waals surface area (Å²) in [5.41, 5.74) is 3.73. The Kier molecular flexibility index (Phi) is 7.91. The standard InChI is InChI=1S/C32H32F2N4O6/c1-17-31(27(36-44-17)16-42-18(2)39)20-4-11-28-26(14-20)35-32(38(28)21-5-8-23(9-6-21)43-19(3)40)29-12-13-30(41)37(29)22-7-10-24(33)25(34)15-22/h4,7,10-11,14-15,21,23,29H,5-6,8-9,12-13,16H2,1-3H3/t21-,23-,29-/m0/s1. The van der Waals surface area contributed by atoms with E-state index in [9.17, 15) is 23.2 Å². The third kappa shape index (κ3) is 5.56. The van der Waals surface area contributed by atoms with Crippen molar-refractivity contribution in [3.05, 3.63) is 65.3 Å². The third-order valence-corrected chi connectivity index (χ3v) is 8.38. The van der Waals surface area contributed by atoms with Crippen molar-refractivity contribution in [2.75, 3.05) is 4.90 Å². The van der Waals surface area contributed by atoms with E-state index in [0.717, 1.165) is 36.1 Å². The van der Waals surface area contributed by atoms with Crippen molar-refractivity contribution >= 4 is 34.6 Å². The average Bonchev–Trinajstić information content (AvgIpc) is 3.67. The Morgan fingerprint density at radius 2 is 1.77 bits per heavy atom. The number of aromatic nitrogens is 3. The summed E-state index contributed by atoms with van der Waals surface area (Å²) in [4.78, 5) is 42.7. The van der Waals surface area contributed by atoms with Crippen molar-refractivity contribution in [3.8, 4) is 11.1 Å². The smallest absolute Gasteiger partial charge is 0.303 e. The zero-order chi connectivity index (χ0) is 31.1. The lowest BCUT2D eigenvalue weighted by Crippen LogP contribution is -2.31. The molecule has 1 saturated heterocycles. The first kappa shape index (κ1) is 29.5. The van der Waals surface area contributed by atoms with E-state index in [1.54, 1.807) is 6.92 Å². The zero-order valence-corrected chi connectivity index (χ0v) is 24.6. The Hall–Kier alpha value is -4.61. The lowest BCUT2D eigenvalue weighted by atomic mass is 9.92. The van der Waals surface area contributed by atoms with Gasteiger partial charge in [-0.25, -0.2) is 13.8 Å². The monoisotopic (exact) mass is 606 g/mol. The highest BCUT2D eigenvalue weighted by atomic mass is 19.2. The molecule has 0 unspecified atom stereocenters. The third-order valence-electron chi connectivity index (χ3n) is 8.38. The van der Waals surface area contributed by atoms with Crippen LogP contribution in [0.15, 0.2) is 40.9 Å². The number of benzene rings is 2. The van der Waals surface area contributed by atoms with Crippen molar-refractivity contribution in [1.82, 2.24) is 14.7 Å². The van der Waals surface area contributed by atoms with Gasteiger partial charge >= 0.3 is 11.9 Å². The van der Waals surface area contributed by atoms with E-state index in [0.29, 0.717) is 47.6 Å². The average molecular weight is 607 g/mol.